The van der Waals surface area contributed by atoms with Crippen LogP contribution < -0.4 is 0 Å². The van der Waals surface area contributed by atoms with Crippen LogP contribution in [0.2, 0.25) is 0 Å². The van der Waals surface area contributed by atoms with Crippen molar-refractivity contribution in [2.24, 2.45) is 0 Å². The van der Waals surface area contributed by atoms with Crippen LogP contribution in [0.1, 0.15) is 33.7 Å². The summed E-state index contributed by atoms with van der Waals surface area (Å²) >= 11 is 1.26. The molecule has 0 spiro atoms. The molecule has 1 aromatic carbocycles. The third kappa shape index (κ3) is 5.50. The van der Waals surface area contributed by atoms with Gasteiger partial charge in [0.1, 0.15) is 0 Å². The number of aryl methyl sites for hydroxylation is 2. The van der Waals surface area contributed by atoms with Crippen molar-refractivity contribution in [1.82, 2.24) is 9.47 Å². The zero-order valence-corrected chi connectivity index (χ0v) is 17.7. The first-order valence-electron chi connectivity index (χ1n) is 9.77. The summed E-state index contributed by atoms with van der Waals surface area (Å²) in [7, 11) is 0. The lowest BCUT2D eigenvalue weighted by molar-refractivity contribution is -0.142. The van der Waals surface area contributed by atoms with Crippen LogP contribution in [0.3, 0.4) is 0 Å². The Morgan fingerprint density at radius 2 is 1.90 bits per heavy atom. The number of nitrogens with zero attached hydrogens (tertiary/aromatic N) is 2. The molecule has 154 valence electrons. The molecule has 1 saturated heterocycles. The van der Waals surface area contributed by atoms with Crippen molar-refractivity contribution < 1.29 is 19.1 Å². The van der Waals surface area contributed by atoms with Crippen LogP contribution in [0.15, 0.2) is 36.4 Å². The number of hydrogen-bond acceptors (Lipinski definition) is 5. The summed E-state index contributed by atoms with van der Waals surface area (Å²) in [4.78, 5) is 37.7. The highest BCUT2D eigenvalue weighted by molar-refractivity contribution is 8.13. The first kappa shape index (κ1) is 21.2. The normalized spacial score (nSPS) is 13.7. The summed E-state index contributed by atoms with van der Waals surface area (Å²) in [6.07, 6.45) is 0.989. The van der Waals surface area contributed by atoms with E-state index in [-0.39, 0.29) is 24.1 Å². The number of benzene rings is 1. The second kappa shape index (κ2) is 9.78. The maximum Gasteiger partial charge on any atom is 0.308 e. The van der Waals surface area contributed by atoms with E-state index in [1.54, 1.807) is 4.90 Å². The quantitative estimate of drug-likeness (QED) is 0.463. The zero-order chi connectivity index (χ0) is 20.8. The number of carbonyl (C=O) groups is 3. The van der Waals surface area contributed by atoms with Crippen LogP contribution in [0, 0.1) is 13.8 Å². The molecule has 0 unspecified atom stereocenters. The topological polar surface area (TPSA) is 68.6 Å². The Hall–Kier alpha value is -2.54. The van der Waals surface area contributed by atoms with E-state index in [2.05, 4.69) is 16.7 Å². The van der Waals surface area contributed by atoms with E-state index in [4.69, 9.17) is 4.74 Å². The van der Waals surface area contributed by atoms with Crippen LogP contribution in [-0.4, -0.2) is 51.9 Å². The van der Waals surface area contributed by atoms with Gasteiger partial charge in [0, 0.05) is 42.3 Å². The fourth-order valence-electron chi connectivity index (χ4n) is 3.46. The van der Waals surface area contributed by atoms with Gasteiger partial charge in [-0.3, -0.25) is 14.4 Å². The second-order valence-corrected chi connectivity index (χ2v) is 8.15. The maximum atomic E-state index is 12.6. The van der Waals surface area contributed by atoms with E-state index < -0.39 is 5.97 Å². The minimum absolute atomic E-state index is 0.00295. The number of esters is 1. The molecule has 7 heteroatoms. The van der Waals surface area contributed by atoms with Crippen molar-refractivity contribution >= 4 is 28.8 Å². The third-order valence-electron chi connectivity index (χ3n) is 5.14. The number of ether oxygens (including phenoxy) is 1. The largest absolute Gasteiger partial charge is 0.457 e. The molecule has 1 aromatic heterocycles. The van der Waals surface area contributed by atoms with Crippen LogP contribution in [-0.2, 0) is 22.5 Å². The molecule has 0 radical (unpaired) electrons. The lowest BCUT2D eigenvalue weighted by Crippen LogP contribution is -2.27. The third-order valence-corrected chi connectivity index (χ3v) is 6.03. The van der Waals surface area contributed by atoms with Gasteiger partial charge in [0.05, 0.1) is 6.42 Å². The molecule has 0 atom stereocenters. The number of aromatic nitrogens is 1. The fraction of sp³-hybridized carbons (Fsp3) is 0.409. The molecule has 0 saturated carbocycles. The molecule has 3 rings (SSSR count). The SMILES string of the molecule is Cc1cc(C(=O)COC(=O)CCN2CCSC2=O)c(C)n1CCc1ccccc1. The van der Waals surface area contributed by atoms with E-state index in [1.807, 2.05) is 38.1 Å². The molecule has 2 heterocycles. The number of hydrogen-bond donors (Lipinski definition) is 0. The molecule has 0 N–H and O–H groups in total. The number of thioether (sulfide) groups is 1. The highest BCUT2D eigenvalue weighted by Gasteiger charge is 2.22. The van der Waals surface area contributed by atoms with E-state index in [0.717, 1.165) is 30.1 Å². The molecule has 1 aliphatic rings. The number of ketones is 1. The molecule has 1 fully saturated rings. The monoisotopic (exact) mass is 414 g/mol. The molecule has 0 bridgehead atoms. The molecule has 6 nitrogen and oxygen atoms in total. The highest BCUT2D eigenvalue weighted by atomic mass is 32.2. The van der Waals surface area contributed by atoms with Gasteiger partial charge in [-0.05, 0) is 31.9 Å². The van der Waals surface area contributed by atoms with Gasteiger partial charge >= 0.3 is 5.97 Å². The summed E-state index contributed by atoms with van der Waals surface area (Å²) in [5.41, 5.74) is 3.74. The van der Waals surface area contributed by atoms with Crippen molar-refractivity contribution in [2.75, 3.05) is 25.4 Å². The van der Waals surface area contributed by atoms with E-state index >= 15 is 0 Å². The number of rotatable bonds is 9. The smallest absolute Gasteiger partial charge is 0.308 e. The predicted octanol–water partition coefficient (Wildman–Crippen LogP) is 3.63. The predicted molar refractivity (Wildman–Crippen MR) is 113 cm³/mol. The summed E-state index contributed by atoms with van der Waals surface area (Å²) < 4.78 is 7.27. The molecule has 29 heavy (non-hydrogen) atoms. The van der Waals surface area contributed by atoms with Crippen LogP contribution in [0.4, 0.5) is 4.79 Å². The van der Waals surface area contributed by atoms with E-state index in [1.165, 1.54) is 17.3 Å². The summed E-state index contributed by atoms with van der Waals surface area (Å²) in [5, 5.41) is -0.00295. The Bertz CT molecular complexity index is 892. The van der Waals surface area contributed by atoms with Crippen LogP contribution in [0.5, 0.6) is 0 Å². The summed E-state index contributed by atoms with van der Waals surface area (Å²) in [5.74, 6) is 0.0952. The molecule has 2 aromatic rings. The Morgan fingerprint density at radius 1 is 1.14 bits per heavy atom. The average molecular weight is 415 g/mol. The molecule has 1 amide bonds. The first-order chi connectivity index (χ1) is 14.0. The summed E-state index contributed by atoms with van der Waals surface area (Å²) in [6, 6.07) is 12.1. The molecular weight excluding hydrogens is 388 g/mol. The number of amides is 1. The standard InChI is InChI=1S/C22H26N2O4S/c1-16-14-19(17(2)24(16)11-8-18-6-4-3-5-7-18)20(25)15-28-21(26)9-10-23-12-13-29-22(23)27/h3-7,14H,8-13,15H2,1-2H3. The number of Topliss-reactive ketones (excluding diaryl/α,β-unsaturated/α-hetero) is 1. The van der Waals surface area contributed by atoms with Gasteiger partial charge in [0.25, 0.3) is 5.24 Å². The summed E-state index contributed by atoms with van der Waals surface area (Å²) in [6.45, 7) is 5.41. The van der Waals surface area contributed by atoms with Crippen LogP contribution in [0.25, 0.3) is 0 Å². The average Bonchev–Trinajstić information content (AvgIpc) is 3.26. The van der Waals surface area contributed by atoms with Crippen molar-refractivity contribution in [3.63, 3.8) is 0 Å². The lowest BCUT2D eigenvalue weighted by Gasteiger charge is -2.13. The van der Waals surface area contributed by atoms with Gasteiger partial charge in [-0.25, -0.2) is 0 Å². The van der Waals surface area contributed by atoms with Crippen molar-refractivity contribution in [3.05, 3.63) is 58.9 Å². The Kier molecular flexibility index (Phi) is 7.14. The van der Waals surface area contributed by atoms with Gasteiger partial charge in [-0.1, -0.05) is 42.1 Å². The van der Waals surface area contributed by atoms with Crippen molar-refractivity contribution in [2.45, 2.75) is 33.2 Å². The van der Waals surface area contributed by atoms with E-state index in [9.17, 15) is 14.4 Å². The Balaban J connectivity index is 1.51. The van der Waals surface area contributed by atoms with Crippen LogP contribution >= 0.6 is 11.8 Å². The molecule has 1 aliphatic heterocycles. The van der Waals surface area contributed by atoms with Crippen molar-refractivity contribution in [3.8, 4) is 0 Å². The zero-order valence-electron chi connectivity index (χ0n) is 16.8. The highest BCUT2D eigenvalue weighted by Crippen LogP contribution is 2.18. The van der Waals surface area contributed by atoms with Gasteiger partial charge in [-0.15, -0.1) is 0 Å². The molecular formula is C22H26N2O4S. The first-order valence-corrected chi connectivity index (χ1v) is 10.8. The van der Waals surface area contributed by atoms with E-state index in [0.29, 0.717) is 18.7 Å². The Labute approximate surface area is 175 Å². The van der Waals surface area contributed by atoms with Crippen molar-refractivity contribution in [1.29, 1.82) is 0 Å². The number of carbonyl (C=O) groups excluding carboxylic acids is 3. The molecule has 0 aliphatic carbocycles. The minimum Gasteiger partial charge on any atom is -0.457 e. The Morgan fingerprint density at radius 3 is 2.59 bits per heavy atom. The van der Waals surface area contributed by atoms with Gasteiger partial charge in [0.2, 0.25) is 5.78 Å². The van der Waals surface area contributed by atoms with Gasteiger partial charge in [0.15, 0.2) is 6.61 Å². The minimum atomic E-state index is -0.457. The van der Waals surface area contributed by atoms with Gasteiger partial charge < -0.3 is 14.2 Å². The fourth-order valence-corrected chi connectivity index (χ4v) is 4.32. The maximum absolute atomic E-state index is 12.6. The second-order valence-electron chi connectivity index (χ2n) is 7.11. The lowest BCUT2D eigenvalue weighted by atomic mass is 10.1. The van der Waals surface area contributed by atoms with Gasteiger partial charge in [-0.2, -0.15) is 0 Å².